The molecule has 0 bridgehead atoms. The number of methoxy groups -OCH3 is 1. The van der Waals surface area contributed by atoms with E-state index in [0.29, 0.717) is 18.1 Å². The molecule has 6 nitrogen and oxygen atoms in total. The minimum atomic E-state index is 0.0721. The van der Waals surface area contributed by atoms with E-state index in [0.717, 1.165) is 44.1 Å². The molecule has 7 heteroatoms. The lowest BCUT2D eigenvalue weighted by Gasteiger charge is -2.24. The SMILES string of the molecule is COc1ccc(Cl)cc1N1CCC(NC(=O)CC2COCCN2)C1. The number of nitrogens with zero attached hydrogens (tertiary/aromatic N) is 1. The number of rotatable bonds is 5. The standard InChI is InChI=1S/C17H24ClN3O3/c1-23-16-3-2-12(18)8-15(16)21-6-4-13(10-21)20-17(22)9-14-11-24-7-5-19-14/h2-3,8,13-14,19H,4-7,9-11H2,1H3,(H,20,22). The molecule has 2 aliphatic heterocycles. The van der Waals surface area contributed by atoms with Crippen LogP contribution in [0.25, 0.3) is 0 Å². The molecule has 2 saturated heterocycles. The van der Waals surface area contributed by atoms with E-state index < -0.39 is 0 Å². The third kappa shape index (κ3) is 4.32. The minimum absolute atomic E-state index is 0.0721. The van der Waals surface area contributed by atoms with Crippen molar-refractivity contribution in [3.63, 3.8) is 0 Å². The van der Waals surface area contributed by atoms with Crippen LogP contribution < -0.4 is 20.3 Å². The highest BCUT2D eigenvalue weighted by Gasteiger charge is 2.27. The van der Waals surface area contributed by atoms with Gasteiger partial charge in [0.1, 0.15) is 5.75 Å². The first kappa shape index (κ1) is 17.3. The molecular formula is C17H24ClN3O3. The van der Waals surface area contributed by atoms with E-state index in [4.69, 9.17) is 21.1 Å². The van der Waals surface area contributed by atoms with Gasteiger partial charge in [-0.2, -0.15) is 0 Å². The Balaban J connectivity index is 1.53. The van der Waals surface area contributed by atoms with Gasteiger partial charge in [0.25, 0.3) is 0 Å². The fourth-order valence-corrected chi connectivity index (χ4v) is 3.43. The van der Waals surface area contributed by atoms with Gasteiger partial charge in [-0.1, -0.05) is 11.6 Å². The van der Waals surface area contributed by atoms with Crippen molar-refractivity contribution in [3.8, 4) is 5.75 Å². The highest BCUT2D eigenvalue weighted by atomic mass is 35.5. The monoisotopic (exact) mass is 353 g/mol. The normalized spacial score (nSPS) is 24.0. The topological polar surface area (TPSA) is 62.8 Å². The quantitative estimate of drug-likeness (QED) is 0.838. The Morgan fingerprint density at radius 2 is 2.42 bits per heavy atom. The first-order valence-corrected chi connectivity index (χ1v) is 8.72. The van der Waals surface area contributed by atoms with Gasteiger partial charge in [-0.3, -0.25) is 4.79 Å². The van der Waals surface area contributed by atoms with Crippen molar-refractivity contribution in [1.29, 1.82) is 0 Å². The van der Waals surface area contributed by atoms with E-state index in [1.54, 1.807) is 7.11 Å². The number of amides is 1. The fourth-order valence-electron chi connectivity index (χ4n) is 3.27. The van der Waals surface area contributed by atoms with Gasteiger partial charge in [0.2, 0.25) is 5.91 Å². The molecule has 2 fully saturated rings. The van der Waals surface area contributed by atoms with Crippen molar-refractivity contribution in [2.45, 2.75) is 24.9 Å². The maximum atomic E-state index is 12.2. The molecule has 1 aromatic carbocycles. The summed E-state index contributed by atoms with van der Waals surface area (Å²) in [4.78, 5) is 14.4. The van der Waals surface area contributed by atoms with Crippen LogP contribution in [-0.4, -0.2) is 57.9 Å². The number of hydrogen-bond donors (Lipinski definition) is 2. The van der Waals surface area contributed by atoms with Gasteiger partial charge < -0.3 is 25.0 Å². The summed E-state index contributed by atoms with van der Waals surface area (Å²) >= 11 is 6.11. The minimum Gasteiger partial charge on any atom is -0.495 e. The van der Waals surface area contributed by atoms with Crippen molar-refractivity contribution in [1.82, 2.24) is 10.6 Å². The van der Waals surface area contributed by atoms with Crippen molar-refractivity contribution in [3.05, 3.63) is 23.2 Å². The molecule has 0 spiro atoms. The van der Waals surface area contributed by atoms with E-state index >= 15 is 0 Å². The predicted octanol–water partition coefficient (Wildman–Crippen LogP) is 1.42. The average molecular weight is 354 g/mol. The molecule has 24 heavy (non-hydrogen) atoms. The second-order valence-electron chi connectivity index (χ2n) is 6.25. The van der Waals surface area contributed by atoms with Crippen LogP contribution in [0.3, 0.4) is 0 Å². The Hall–Kier alpha value is -1.50. The fraction of sp³-hybridized carbons (Fsp3) is 0.588. The van der Waals surface area contributed by atoms with Crippen molar-refractivity contribution >= 4 is 23.2 Å². The number of carbonyl (C=O) groups is 1. The molecule has 0 saturated carbocycles. The van der Waals surface area contributed by atoms with Crippen LogP contribution in [0.15, 0.2) is 18.2 Å². The predicted molar refractivity (Wildman–Crippen MR) is 94.0 cm³/mol. The number of anilines is 1. The second kappa shape index (κ2) is 8.05. The number of benzene rings is 1. The van der Waals surface area contributed by atoms with Gasteiger partial charge in [-0.05, 0) is 24.6 Å². The largest absolute Gasteiger partial charge is 0.495 e. The summed E-state index contributed by atoms with van der Waals surface area (Å²) in [7, 11) is 1.65. The zero-order valence-corrected chi connectivity index (χ0v) is 14.6. The van der Waals surface area contributed by atoms with Crippen LogP contribution in [0, 0.1) is 0 Å². The zero-order valence-electron chi connectivity index (χ0n) is 13.9. The lowest BCUT2D eigenvalue weighted by molar-refractivity contribution is -0.122. The van der Waals surface area contributed by atoms with Gasteiger partial charge in [0, 0.05) is 43.2 Å². The number of ether oxygens (including phenoxy) is 2. The van der Waals surface area contributed by atoms with E-state index in [-0.39, 0.29) is 18.0 Å². The first-order valence-electron chi connectivity index (χ1n) is 8.34. The Bertz CT molecular complexity index is 578. The maximum Gasteiger partial charge on any atom is 0.221 e. The van der Waals surface area contributed by atoms with E-state index in [1.807, 2.05) is 18.2 Å². The van der Waals surface area contributed by atoms with Crippen LogP contribution in [0.1, 0.15) is 12.8 Å². The number of nitrogens with one attached hydrogen (secondary N) is 2. The summed E-state index contributed by atoms with van der Waals surface area (Å²) in [6.45, 7) is 3.76. The smallest absolute Gasteiger partial charge is 0.221 e. The highest BCUT2D eigenvalue weighted by molar-refractivity contribution is 6.30. The van der Waals surface area contributed by atoms with Crippen molar-refractivity contribution in [2.24, 2.45) is 0 Å². The number of hydrogen-bond acceptors (Lipinski definition) is 5. The van der Waals surface area contributed by atoms with Crippen LogP contribution in [0.5, 0.6) is 5.75 Å². The maximum absolute atomic E-state index is 12.2. The Labute approximate surface area is 147 Å². The molecule has 0 aliphatic carbocycles. The molecule has 2 atom stereocenters. The Kier molecular flexibility index (Phi) is 5.81. The van der Waals surface area contributed by atoms with Crippen LogP contribution in [0.4, 0.5) is 5.69 Å². The molecule has 0 radical (unpaired) electrons. The molecule has 2 heterocycles. The van der Waals surface area contributed by atoms with Crippen LogP contribution in [0.2, 0.25) is 5.02 Å². The molecule has 0 aromatic heterocycles. The zero-order chi connectivity index (χ0) is 16.9. The molecular weight excluding hydrogens is 330 g/mol. The van der Waals surface area contributed by atoms with Crippen molar-refractivity contribution < 1.29 is 14.3 Å². The second-order valence-corrected chi connectivity index (χ2v) is 6.68. The van der Waals surface area contributed by atoms with Crippen LogP contribution in [-0.2, 0) is 9.53 Å². The number of morpholine rings is 1. The molecule has 1 aromatic rings. The molecule has 2 N–H and O–H groups in total. The summed E-state index contributed by atoms with van der Waals surface area (Å²) < 4.78 is 10.8. The van der Waals surface area contributed by atoms with Crippen LogP contribution >= 0.6 is 11.6 Å². The lowest BCUT2D eigenvalue weighted by atomic mass is 10.1. The average Bonchev–Trinajstić information content (AvgIpc) is 3.04. The number of carbonyl (C=O) groups excluding carboxylic acids is 1. The van der Waals surface area contributed by atoms with Gasteiger partial charge in [-0.15, -0.1) is 0 Å². The summed E-state index contributed by atoms with van der Waals surface area (Å²) in [6, 6.07) is 5.86. The first-order chi connectivity index (χ1) is 11.7. The van der Waals surface area contributed by atoms with Crippen molar-refractivity contribution in [2.75, 3.05) is 44.9 Å². The van der Waals surface area contributed by atoms with Gasteiger partial charge in [0.15, 0.2) is 0 Å². The summed E-state index contributed by atoms with van der Waals surface area (Å²) in [6.07, 6.45) is 1.37. The van der Waals surface area contributed by atoms with E-state index in [9.17, 15) is 4.79 Å². The number of halogens is 1. The van der Waals surface area contributed by atoms with Gasteiger partial charge in [-0.25, -0.2) is 0 Å². The molecule has 132 valence electrons. The molecule has 1 amide bonds. The third-order valence-corrected chi connectivity index (χ3v) is 4.70. The third-order valence-electron chi connectivity index (χ3n) is 4.47. The lowest BCUT2D eigenvalue weighted by Crippen LogP contribution is -2.46. The Morgan fingerprint density at radius 1 is 1.54 bits per heavy atom. The molecule has 2 unspecified atom stereocenters. The molecule has 2 aliphatic rings. The molecule has 3 rings (SSSR count). The summed E-state index contributed by atoms with van der Waals surface area (Å²) in [5.74, 6) is 0.873. The van der Waals surface area contributed by atoms with E-state index in [1.165, 1.54) is 0 Å². The van der Waals surface area contributed by atoms with Gasteiger partial charge in [0.05, 0.1) is 26.0 Å². The highest BCUT2D eigenvalue weighted by Crippen LogP contribution is 2.33. The Morgan fingerprint density at radius 3 is 3.17 bits per heavy atom. The van der Waals surface area contributed by atoms with Gasteiger partial charge >= 0.3 is 0 Å². The summed E-state index contributed by atoms with van der Waals surface area (Å²) in [5.41, 5.74) is 0.976. The van der Waals surface area contributed by atoms with E-state index in [2.05, 4.69) is 15.5 Å². The summed E-state index contributed by atoms with van der Waals surface area (Å²) in [5, 5.41) is 7.11.